The van der Waals surface area contributed by atoms with E-state index in [4.69, 9.17) is 28.9 Å². The van der Waals surface area contributed by atoms with Crippen LogP contribution in [0.2, 0.25) is 10.0 Å². The SMILES string of the molecule is Nc1ccc(CCSc2cc(Cl)ccc2Cl)cc1. The van der Waals surface area contributed by atoms with E-state index >= 15 is 0 Å². The molecule has 94 valence electrons. The molecule has 2 aromatic rings. The molecule has 0 bridgehead atoms. The summed E-state index contributed by atoms with van der Waals surface area (Å²) in [5, 5.41) is 1.47. The monoisotopic (exact) mass is 297 g/mol. The van der Waals surface area contributed by atoms with Crippen molar-refractivity contribution in [3.8, 4) is 0 Å². The first-order chi connectivity index (χ1) is 8.65. The van der Waals surface area contributed by atoms with Gasteiger partial charge in [-0.2, -0.15) is 0 Å². The maximum atomic E-state index is 6.10. The minimum atomic E-state index is 0.717. The Hall–Kier alpha value is -0.830. The highest BCUT2D eigenvalue weighted by Crippen LogP contribution is 2.30. The number of thioether (sulfide) groups is 1. The zero-order chi connectivity index (χ0) is 13.0. The molecule has 0 aliphatic heterocycles. The van der Waals surface area contributed by atoms with Crippen LogP contribution in [0.4, 0.5) is 5.69 Å². The summed E-state index contributed by atoms with van der Waals surface area (Å²) in [6.07, 6.45) is 0.980. The molecular weight excluding hydrogens is 285 g/mol. The largest absolute Gasteiger partial charge is 0.399 e. The Morgan fingerprint density at radius 3 is 2.44 bits per heavy atom. The molecule has 0 saturated heterocycles. The van der Waals surface area contributed by atoms with E-state index in [2.05, 4.69) is 12.1 Å². The number of anilines is 1. The first kappa shape index (κ1) is 13.6. The number of hydrogen-bond donors (Lipinski definition) is 1. The molecule has 4 heteroatoms. The maximum Gasteiger partial charge on any atom is 0.0542 e. The van der Waals surface area contributed by atoms with Gasteiger partial charge in [-0.15, -0.1) is 11.8 Å². The van der Waals surface area contributed by atoms with E-state index in [9.17, 15) is 0 Å². The lowest BCUT2D eigenvalue weighted by Crippen LogP contribution is -1.90. The summed E-state index contributed by atoms with van der Waals surface area (Å²) in [6, 6.07) is 13.5. The van der Waals surface area contributed by atoms with Crippen LogP contribution in [-0.2, 0) is 6.42 Å². The predicted octanol–water partition coefficient (Wildman–Crippen LogP) is 4.91. The number of benzene rings is 2. The zero-order valence-corrected chi connectivity index (χ0v) is 12.0. The minimum absolute atomic E-state index is 0.717. The van der Waals surface area contributed by atoms with Crippen LogP contribution in [0.3, 0.4) is 0 Å². The lowest BCUT2D eigenvalue weighted by Gasteiger charge is -2.05. The normalized spacial score (nSPS) is 10.6. The van der Waals surface area contributed by atoms with Gasteiger partial charge in [-0.1, -0.05) is 35.3 Å². The molecule has 0 saturated carbocycles. The fourth-order valence-electron chi connectivity index (χ4n) is 1.55. The Balaban J connectivity index is 1.92. The van der Waals surface area contributed by atoms with Gasteiger partial charge < -0.3 is 5.73 Å². The van der Waals surface area contributed by atoms with Gasteiger partial charge in [0.1, 0.15) is 0 Å². The number of halogens is 2. The van der Waals surface area contributed by atoms with Gasteiger partial charge in [0.2, 0.25) is 0 Å². The zero-order valence-electron chi connectivity index (χ0n) is 9.70. The summed E-state index contributed by atoms with van der Waals surface area (Å²) in [5.41, 5.74) is 7.71. The van der Waals surface area contributed by atoms with Crippen molar-refractivity contribution in [2.75, 3.05) is 11.5 Å². The molecular formula is C14H13Cl2NS. The summed E-state index contributed by atoms with van der Waals surface area (Å²) in [7, 11) is 0. The molecule has 2 aromatic carbocycles. The van der Waals surface area contributed by atoms with Crippen molar-refractivity contribution in [2.45, 2.75) is 11.3 Å². The average molecular weight is 298 g/mol. The highest BCUT2D eigenvalue weighted by atomic mass is 35.5. The van der Waals surface area contributed by atoms with Gasteiger partial charge >= 0.3 is 0 Å². The topological polar surface area (TPSA) is 26.0 Å². The molecule has 0 fully saturated rings. The van der Waals surface area contributed by atoms with E-state index in [1.165, 1.54) is 5.56 Å². The molecule has 0 atom stereocenters. The molecule has 0 aliphatic rings. The van der Waals surface area contributed by atoms with Crippen molar-refractivity contribution < 1.29 is 0 Å². The predicted molar refractivity (Wildman–Crippen MR) is 81.7 cm³/mol. The number of hydrogen-bond acceptors (Lipinski definition) is 2. The van der Waals surface area contributed by atoms with Crippen LogP contribution in [0.5, 0.6) is 0 Å². The fourth-order valence-corrected chi connectivity index (χ4v) is 3.04. The molecule has 0 aromatic heterocycles. The Morgan fingerprint density at radius 2 is 1.72 bits per heavy atom. The van der Waals surface area contributed by atoms with Gasteiger partial charge in [-0.3, -0.25) is 0 Å². The van der Waals surface area contributed by atoms with Gasteiger partial charge in [0.25, 0.3) is 0 Å². The van der Waals surface area contributed by atoms with Gasteiger partial charge in [0, 0.05) is 21.4 Å². The molecule has 0 amide bonds. The van der Waals surface area contributed by atoms with Crippen LogP contribution in [-0.4, -0.2) is 5.75 Å². The summed E-state index contributed by atoms with van der Waals surface area (Å²) < 4.78 is 0. The Kier molecular flexibility index (Phi) is 4.81. The highest BCUT2D eigenvalue weighted by molar-refractivity contribution is 7.99. The number of nitrogens with two attached hydrogens (primary N) is 1. The van der Waals surface area contributed by atoms with Crippen LogP contribution in [0, 0.1) is 0 Å². The molecule has 18 heavy (non-hydrogen) atoms. The Morgan fingerprint density at radius 1 is 1.00 bits per heavy atom. The Bertz CT molecular complexity index is 526. The summed E-state index contributed by atoms with van der Waals surface area (Å²) in [6.45, 7) is 0. The van der Waals surface area contributed by atoms with Crippen LogP contribution in [0.25, 0.3) is 0 Å². The molecule has 0 radical (unpaired) electrons. The second kappa shape index (κ2) is 6.37. The highest BCUT2D eigenvalue weighted by Gasteiger charge is 2.02. The fraction of sp³-hybridized carbons (Fsp3) is 0.143. The first-order valence-corrected chi connectivity index (χ1v) is 7.31. The quantitative estimate of drug-likeness (QED) is 0.641. The van der Waals surface area contributed by atoms with E-state index in [1.54, 1.807) is 17.8 Å². The minimum Gasteiger partial charge on any atom is -0.399 e. The average Bonchev–Trinajstić information content (AvgIpc) is 2.36. The second-order valence-electron chi connectivity index (χ2n) is 3.91. The molecule has 1 nitrogen and oxygen atoms in total. The van der Waals surface area contributed by atoms with Crippen LogP contribution in [0.15, 0.2) is 47.4 Å². The van der Waals surface area contributed by atoms with Crippen LogP contribution < -0.4 is 5.73 Å². The van der Waals surface area contributed by atoms with Crippen molar-refractivity contribution in [1.29, 1.82) is 0 Å². The van der Waals surface area contributed by atoms with E-state index in [0.717, 1.165) is 32.8 Å². The van der Waals surface area contributed by atoms with E-state index in [0.29, 0.717) is 0 Å². The molecule has 2 N–H and O–H groups in total. The second-order valence-corrected chi connectivity index (χ2v) is 5.90. The van der Waals surface area contributed by atoms with Crippen molar-refractivity contribution in [3.63, 3.8) is 0 Å². The van der Waals surface area contributed by atoms with Crippen molar-refractivity contribution in [2.24, 2.45) is 0 Å². The van der Waals surface area contributed by atoms with E-state index in [1.807, 2.05) is 24.3 Å². The molecule has 0 aliphatic carbocycles. The number of aryl methyl sites for hydroxylation is 1. The van der Waals surface area contributed by atoms with Gasteiger partial charge in [-0.05, 0) is 42.3 Å². The first-order valence-electron chi connectivity index (χ1n) is 5.57. The Labute approximate surface area is 121 Å². The summed E-state index contributed by atoms with van der Waals surface area (Å²) in [5.74, 6) is 0.962. The third-order valence-electron chi connectivity index (χ3n) is 2.52. The van der Waals surface area contributed by atoms with Crippen LogP contribution in [0.1, 0.15) is 5.56 Å². The third kappa shape index (κ3) is 3.84. The van der Waals surface area contributed by atoms with Gasteiger partial charge in [0.05, 0.1) is 5.02 Å². The van der Waals surface area contributed by atoms with Crippen molar-refractivity contribution in [3.05, 3.63) is 58.1 Å². The lowest BCUT2D eigenvalue weighted by molar-refractivity contribution is 1.15. The van der Waals surface area contributed by atoms with Crippen LogP contribution >= 0.6 is 35.0 Å². The molecule has 0 unspecified atom stereocenters. The standard InChI is InChI=1S/C14H13Cl2NS/c15-11-3-6-13(16)14(9-11)18-8-7-10-1-4-12(17)5-2-10/h1-6,9H,7-8,17H2. The van der Waals surface area contributed by atoms with Gasteiger partial charge in [-0.25, -0.2) is 0 Å². The smallest absolute Gasteiger partial charge is 0.0542 e. The maximum absolute atomic E-state index is 6.10. The summed E-state index contributed by atoms with van der Waals surface area (Å²) in [4.78, 5) is 1.03. The summed E-state index contributed by atoms with van der Waals surface area (Å²) >= 11 is 13.8. The number of nitrogen functional groups attached to an aromatic ring is 1. The van der Waals surface area contributed by atoms with Crippen molar-refractivity contribution >= 4 is 40.7 Å². The number of rotatable bonds is 4. The lowest BCUT2D eigenvalue weighted by atomic mass is 10.2. The third-order valence-corrected chi connectivity index (χ3v) is 4.26. The molecule has 2 rings (SSSR count). The van der Waals surface area contributed by atoms with Crippen molar-refractivity contribution in [1.82, 2.24) is 0 Å². The van der Waals surface area contributed by atoms with Gasteiger partial charge in [0.15, 0.2) is 0 Å². The van der Waals surface area contributed by atoms with E-state index in [-0.39, 0.29) is 0 Å². The molecule has 0 spiro atoms. The van der Waals surface area contributed by atoms with E-state index < -0.39 is 0 Å². The molecule has 0 heterocycles.